The Morgan fingerprint density at radius 3 is 2.03 bits per heavy atom. The minimum Gasteiger partial charge on any atom is -0.455 e. The summed E-state index contributed by atoms with van der Waals surface area (Å²) in [7, 11) is 0. The molecule has 0 unspecified atom stereocenters. The van der Waals surface area contributed by atoms with Crippen molar-refractivity contribution in [1.82, 2.24) is 0 Å². The number of benzene rings is 4. The van der Waals surface area contributed by atoms with Crippen LogP contribution in [0.4, 0.5) is 0 Å². The Morgan fingerprint density at radius 2 is 1.22 bits per heavy atom. The second kappa shape index (κ2) is 8.92. The van der Waals surface area contributed by atoms with Crippen molar-refractivity contribution in [3.8, 4) is 33.8 Å². The van der Waals surface area contributed by atoms with Crippen LogP contribution >= 0.6 is 0 Å². The predicted molar refractivity (Wildman–Crippen MR) is 153 cm³/mol. The van der Waals surface area contributed by atoms with Crippen molar-refractivity contribution in [2.75, 3.05) is 0 Å². The average molecular weight is 476 g/mol. The van der Waals surface area contributed by atoms with Crippen LogP contribution in [0.15, 0.2) is 136 Å². The van der Waals surface area contributed by atoms with Gasteiger partial charge in [-0.05, 0) is 46.7 Å². The van der Waals surface area contributed by atoms with Gasteiger partial charge in [0.05, 0.1) is 17.7 Å². The van der Waals surface area contributed by atoms with Crippen LogP contribution in [0.3, 0.4) is 0 Å². The zero-order chi connectivity index (χ0) is 24.6. The molecule has 0 radical (unpaired) electrons. The maximum atomic E-state index is 6.45. The molecule has 0 fully saturated rings. The maximum absolute atomic E-state index is 6.45. The molecule has 2 nitrogen and oxygen atoms in total. The third-order valence-electron chi connectivity index (χ3n) is 6.82. The highest BCUT2D eigenvalue weighted by molar-refractivity contribution is 6.10. The van der Waals surface area contributed by atoms with Crippen LogP contribution in [-0.2, 0) is 0 Å². The van der Waals surface area contributed by atoms with E-state index in [4.69, 9.17) is 8.83 Å². The molecule has 2 heterocycles. The maximum Gasteiger partial charge on any atom is 0.361 e. The van der Waals surface area contributed by atoms with E-state index in [0.717, 1.165) is 61.5 Å². The smallest absolute Gasteiger partial charge is 0.361 e. The van der Waals surface area contributed by atoms with E-state index < -0.39 is 0 Å². The summed E-state index contributed by atoms with van der Waals surface area (Å²) in [6.07, 6.45) is 4.16. The Labute approximate surface area is 215 Å². The van der Waals surface area contributed by atoms with Gasteiger partial charge in [-0.25, -0.2) is 4.42 Å². The van der Waals surface area contributed by atoms with E-state index in [1.807, 2.05) is 48.5 Å². The number of fused-ring (bicyclic) bond motifs is 4. The normalized spacial score (nSPS) is 11.7. The number of hydrogen-bond donors (Lipinski definition) is 0. The van der Waals surface area contributed by atoms with E-state index in [0.29, 0.717) is 0 Å². The molecule has 0 bridgehead atoms. The molecule has 0 saturated heterocycles. The highest BCUT2D eigenvalue weighted by Gasteiger charge is 2.21. The minimum atomic E-state index is 0.777. The van der Waals surface area contributed by atoms with Crippen molar-refractivity contribution < 1.29 is 8.83 Å². The Hall–Kier alpha value is -4.95. The first-order valence-electron chi connectivity index (χ1n) is 12.4. The molecule has 0 amide bonds. The number of hydrogen-bond acceptors (Lipinski definition) is 1. The van der Waals surface area contributed by atoms with Crippen LogP contribution in [0, 0.1) is 0 Å². The first kappa shape index (κ1) is 21.3. The van der Waals surface area contributed by atoms with Crippen LogP contribution in [0.25, 0.3) is 67.7 Å². The lowest BCUT2D eigenvalue weighted by atomic mass is 10.0. The van der Waals surface area contributed by atoms with Crippen molar-refractivity contribution in [3.63, 3.8) is 0 Å². The van der Waals surface area contributed by atoms with Gasteiger partial charge in [-0.1, -0.05) is 91.0 Å². The summed E-state index contributed by atoms with van der Waals surface area (Å²) in [6, 6.07) is 43.7. The summed E-state index contributed by atoms with van der Waals surface area (Å²) < 4.78 is 12.9. The van der Waals surface area contributed by atoms with Gasteiger partial charge in [0.25, 0.3) is 0 Å². The highest BCUT2D eigenvalue weighted by atomic mass is 16.3. The summed E-state index contributed by atoms with van der Waals surface area (Å²) in [5.74, 6) is 2.49. The molecule has 4 aromatic carbocycles. The zero-order valence-corrected chi connectivity index (χ0v) is 20.1. The van der Waals surface area contributed by atoms with Gasteiger partial charge in [0.15, 0.2) is 0 Å². The van der Waals surface area contributed by atoms with Gasteiger partial charge in [-0.15, -0.1) is 0 Å². The molecule has 1 aliphatic carbocycles. The fourth-order valence-corrected chi connectivity index (χ4v) is 5.03. The Bertz CT molecular complexity index is 1800. The lowest BCUT2D eigenvalue weighted by Crippen LogP contribution is -1.85. The molecule has 0 spiro atoms. The number of rotatable bonds is 4. The van der Waals surface area contributed by atoms with Gasteiger partial charge in [0, 0.05) is 28.2 Å². The van der Waals surface area contributed by atoms with E-state index in [2.05, 4.69) is 91.0 Å². The second-order valence-electron chi connectivity index (χ2n) is 9.16. The molecular weight excluding hydrogens is 452 g/mol. The van der Waals surface area contributed by atoms with E-state index in [-0.39, 0.29) is 0 Å². The monoisotopic (exact) mass is 475 g/mol. The quantitative estimate of drug-likeness (QED) is 0.237. The molecule has 7 rings (SSSR count). The van der Waals surface area contributed by atoms with Gasteiger partial charge in [-0.3, -0.25) is 0 Å². The third-order valence-corrected chi connectivity index (χ3v) is 6.82. The van der Waals surface area contributed by atoms with Crippen molar-refractivity contribution in [2.45, 2.75) is 0 Å². The standard InChI is InChI=1S/C35H23O2/c1-3-11-24(12-4-1)27-21-28(36-34(23-27)25-13-5-2-6-14-25)19-20-31-29-16-8-9-17-30(29)32-22-26-15-7-10-18-33(26)37-35(31)32/h1-23H/q+1. The van der Waals surface area contributed by atoms with Crippen LogP contribution in [0.5, 0.6) is 0 Å². The summed E-state index contributed by atoms with van der Waals surface area (Å²) in [6.45, 7) is 0. The predicted octanol–water partition coefficient (Wildman–Crippen LogP) is 10.1. The van der Waals surface area contributed by atoms with Crippen molar-refractivity contribution in [1.29, 1.82) is 0 Å². The molecular formula is C35H23O2+. The van der Waals surface area contributed by atoms with Crippen molar-refractivity contribution in [2.24, 2.45) is 0 Å². The van der Waals surface area contributed by atoms with Crippen LogP contribution in [0.2, 0.25) is 0 Å². The third kappa shape index (κ3) is 3.89. The van der Waals surface area contributed by atoms with Gasteiger partial charge >= 0.3 is 11.5 Å². The molecule has 2 heteroatoms. The minimum absolute atomic E-state index is 0.777. The van der Waals surface area contributed by atoms with Gasteiger partial charge in [-0.2, -0.15) is 0 Å². The van der Waals surface area contributed by atoms with Crippen molar-refractivity contribution >= 4 is 33.9 Å². The number of para-hydroxylation sites is 1. The molecule has 0 saturated carbocycles. The molecule has 1 aliphatic heterocycles. The average Bonchev–Trinajstić information content (AvgIpc) is 3.28. The molecule has 174 valence electrons. The van der Waals surface area contributed by atoms with E-state index in [9.17, 15) is 0 Å². The summed E-state index contributed by atoms with van der Waals surface area (Å²) >= 11 is 0. The summed E-state index contributed by atoms with van der Waals surface area (Å²) in [5, 5.41) is 3.45. The first-order valence-corrected chi connectivity index (χ1v) is 12.4. The van der Waals surface area contributed by atoms with Crippen molar-refractivity contribution in [3.05, 3.63) is 139 Å². The van der Waals surface area contributed by atoms with Crippen LogP contribution in [0.1, 0.15) is 11.3 Å². The molecule has 2 aliphatic rings. The molecule has 37 heavy (non-hydrogen) atoms. The molecule has 5 aromatic rings. The van der Waals surface area contributed by atoms with Crippen LogP contribution in [-0.4, -0.2) is 0 Å². The van der Waals surface area contributed by atoms with Gasteiger partial charge in [0.2, 0.25) is 0 Å². The fourth-order valence-electron chi connectivity index (χ4n) is 5.03. The van der Waals surface area contributed by atoms with E-state index in [1.165, 1.54) is 5.39 Å². The first-order chi connectivity index (χ1) is 18.3. The lowest BCUT2D eigenvalue weighted by molar-refractivity contribution is 0.556. The summed E-state index contributed by atoms with van der Waals surface area (Å²) in [4.78, 5) is 0. The lowest BCUT2D eigenvalue weighted by Gasteiger charge is -2.04. The molecule has 0 atom stereocenters. The molecule has 1 aromatic heterocycles. The van der Waals surface area contributed by atoms with Crippen LogP contribution < -0.4 is 0 Å². The van der Waals surface area contributed by atoms with Gasteiger partial charge in [0.1, 0.15) is 11.3 Å². The SMILES string of the molecule is C(=C\c1c2oc3ccccc3cc-2c2ccccc12)/c1cc(-c2ccccc2)cc(-c2ccccc2)[o+]1. The van der Waals surface area contributed by atoms with E-state index >= 15 is 0 Å². The largest absolute Gasteiger partial charge is 0.455 e. The second-order valence-corrected chi connectivity index (χ2v) is 9.16. The Kier molecular flexibility index (Phi) is 5.15. The van der Waals surface area contributed by atoms with Gasteiger partial charge < -0.3 is 4.42 Å². The zero-order valence-electron chi connectivity index (χ0n) is 20.1. The topological polar surface area (TPSA) is 24.4 Å². The molecule has 0 N–H and O–H groups in total. The Balaban J connectivity index is 1.41. The summed E-state index contributed by atoms with van der Waals surface area (Å²) in [5.41, 5.74) is 6.35. The highest BCUT2D eigenvalue weighted by Crippen LogP contribution is 2.42. The fraction of sp³-hybridized carbons (Fsp3) is 0. The van der Waals surface area contributed by atoms with E-state index in [1.54, 1.807) is 0 Å². The Morgan fingerprint density at radius 1 is 0.541 bits per heavy atom.